The first kappa shape index (κ1) is 16.0. The number of ether oxygens (including phenoxy) is 3. The molecule has 4 heteroatoms. The first-order valence-corrected chi connectivity index (χ1v) is 7.88. The van der Waals surface area contributed by atoms with E-state index in [1.807, 2.05) is 18.2 Å². The minimum Gasteiger partial charge on any atom is -0.496 e. The predicted octanol–water partition coefficient (Wildman–Crippen LogP) is 3.25. The minimum absolute atomic E-state index is 0.656. The fraction of sp³-hybridized carbons (Fsp3) is 0.647. The van der Waals surface area contributed by atoms with Gasteiger partial charge in [0.2, 0.25) is 0 Å². The van der Waals surface area contributed by atoms with E-state index in [1.165, 1.54) is 32.1 Å². The van der Waals surface area contributed by atoms with Crippen LogP contribution in [0.4, 0.5) is 0 Å². The first-order chi connectivity index (χ1) is 10.3. The molecule has 1 N–H and O–H groups in total. The maximum atomic E-state index is 5.76. The van der Waals surface area contributed by atoms with Crippen molar-refractivity contribution in [3.8, 4) is 17.2 Å². The lowest BCUT2D eigenvalue weighted by Crippen LogP contribution is -2.28. The van der Waals surface area contributed by atoms with Crippen LogP contribution < -0.4 is 19.5 Å². The molecule has 0 aliphatic heterocycles. The molecule has 1 aromatic rings. The number of methoxy groups -OCH3 is 2. The van der Waals surface area contributed by atoms with Crippen molar-refractivity contribution in [3.05, 3.63) is 18.2 Å². The van der Waals surface area contributed by atoms with E-state index in [9.17, 15) is 0 Å². The molecule has 118 valence electrons. The zero-order valence-electron chi connectivity index (χ0n) is 13.2. The third-order valence-electron chi connectivity index (χ3n) is 4.03. The highest BCUT2D eigenvalue weighted by atomic mass is 16.5. The van der Waals surface area contributed by atoms with Gasteiger partial charge < -0.3 is 19.5 Å². The van der Waals surface area contributed by atoms with Gasteiger partial charge in [-0.25, -0.2) is 0 Å². The molecule has 1 aliphatic rings. The van der Waals surface area contributed by atoms with Gasteiger partial charge in [-0.3, -0.25) is 0 Å². The zero-order chi connectivity index (χ0) is 14.9. The Labute approximate surface area is 127 Å². The van der Waals surface area contributed by atoms with E-state index >= 15 is 0 Å². The van der Waals surface area contributed by atoms with E-state index in [0.29, 0.717) is 6.61 Å². The van der Waals surface area contributed by atoms with E-state index in [2.05, 4.69) is 5.32 Å². The van der Waals surface area contributed by atoms with Gasteiger partial charge in [-0.05, 0) is 25.3 Å². The highest BCUT2D eigenvalue weighted by molar-refractivity contribution is 5.41. The number of benzene rings is 1. The molecule has 0 radical (unpaired) electrons. The van der Waals surface area contributed by atoms with E-state index in [-0.39, 0.29) is 0 Å². The molecule has 2 rings (SSSR count). The standard InChI is InChI=1S/C17H27NO3/c1-19-15-10-16(20-2)12-17(11-15)21-9-8-18-13-14-6-4-3-5-7-14/h10-12,14,18H,3-9,13H2,1-2H3. The van der Waals surface area contributed by atoms with Crippen molar-refractivity contribution in [2.24, 2.45) is 5.92 Å². The second-order valence-corrected chi connectivity index (χ2v) is 5.60. The van der Waals surface area contributed by atoms with Crippen LogP contribution >= 0.6 is 0 Å². The SMILES string of the molecule is COc1cc(OC)cc(OCCNCC2CCCCC2)c1. The van der Waals surface area contributed by atoms with Gasteiger partial charge in [0.25, 0.3) is 0 Å². The second kappa shape index (κ2) is 8.78. The average Bonchev–Trinajstić information content (AvgIpc) is 2.55. The molecule has 1 saturated carbocycles. The van der Waals surface area contributed by atoms with Crippen LogP contribution in [0.5, 0.6) is 17.2 Å². The second-order valence-electron chi connectivity index (χ2n) is 5.60. The van der Waals surface area contributed by atoms with Crippen LogP contribution in [-0.4, -0.2) is 33.9 Å². The van der Waals surface area contributed by atoms with Crippen molar-refractivity contribution >= 4 is 0 Å². The molecule has 1 aromatic carbocycles. The number of rotatable bonds is 8. The normalized spacial score (nSPS) is 15.7. The van der Waals surface area contributed by atoms with Crippen molar-refractivity contribution in [1.82, 2.24) is 5.32 Å². The van der Waals surface area contributed by atoms with Crippen LogP contribution in [0, 0.1) is 5.92 Å². The maximum Gasteiger partial charge on any atom is 0.126 e. The van der Waals surface area contributed by atoms with Gasteiger partial charge >= 0.3 is 0 Å². The zero-order valence-corrected chi connectivity index (χ0v) is 13.2. The van der Waals surface area contributed by atoms with E-state index in [4.69, 9.17) is 14.2 Å². The Morgan fingerprint density at radius 1 is 0.952 bits per heavy atom. The molecule has 0 heterocycles. The summed E-state index contributed by atoms with van der Waals surface area (Å²) in [5.74, 6) is 3.14. The van der Waals surface area contributed by atoms with E-state index in [0.717, 1.165) is 36.3 Å². The highest BCUT2D eigenvalue weighted by Gasteiger charge is 2.12. The Morgan fingerprint density at radius 2 is 1.57 bits per heavy atom. The topological polar surface area (TPSA) is 39.7 Å². The molecule has 4 nitrogen and oxygen atoms in total. The van der Waals surface area contributed by atoms with E-state index in [1.54, 1.807) is 14.2 Å². The van der Waals surface area contributed by atoms with Crippen LogP contribution in [0.15, 0.2) is 18.2 Å². The molecule has 0 unspecified atom stereocenters. The lowest BCUT2D eigenvalue weighted by molar-refractivity contribution is 0.291. The molecule has 0 spiro atoms. The lowest BCUT2D eigenvalue weighted by atomic mass is 9.89. The quantitative estimate of drug-likeness (QED) is 0.747. The van der Waals surface area contributed by atoms with Crippen molar-refractivity contribution < 1.29 is 14.2 Å². The van der Waals surface area contributed by atoms with Crippen LogP contribution in [0.1, 0.15) is 32.1 Å². The smallest absolute Gasteiger partial charge is 0.126 e. The summed E-state index contributed by atoms with van der Waals surface area (Å²) >= 11 is 0. The average molecular weight is 293 g/mol. The molecule has 0 bridgehead atoms. The van der Waals surface area contributed by atoms with Gasteiger partial charge in [-0.2, -0.15) is 0 Å². The van der Waals surface area contributed by atoms with Crippen molar-refractivity contribution in [3.63, 3.8) is 0 Å². The fourth-order valence-corrected chi connectivity index (χ4v) is 2.80. The van der Waals surface area contributed by atoms with Crippen LogP contribution in [0.2, 0.25) is 0 Å². The van der Waals surface area contributed by atoms with Gasteiger partial charge in [0.15, 0.2) is 0 Å². The first-order valence-electron chi connectivity index (χ1n) is 7.88. The Kier molecular flexibility index (Phi) is 6.67. The molecule has 1 aliphatic carbocycles. The Balaban J connectivity index is 1.68. The van der Waals surface area contributed by atoms with Gasteiger partial charge in [0.1, 0.15) is 23.9 Å². The molecular weight excluding hydrogens is 266 g/mol. The Morgan fingerprint density at radius 3 is 2.19 bits per heavy atom. The molecule has 0 aromatic heterocycles. The molecule has 21 heavy (non-hydrogen) atoms. The third kappa shape index (κ3) is 5.46. The lowest BCUT2D eigenvalue weighted by Gasteiger charge is -2.21. The monoisotopic (exact) mass is 293 g/mol. The van der Waals surface area contributed by atoms with Crippen molar-refractivity contribution in [1.29, 1.82) is 0 Å². The summed E-state index contributed by atoms with van der Waals surface area (Å²) in [6.07, 6.45) is 6.96. The molecular formula is C17H27NO3. The summed E-state index contributed by atoms with van der Waals surface area (Å²) < 4.78 is 16.2. The van der Waals surface area contributed by atoms with Crippen molar-refractivity contribution in [2.75, 3.05) is 33.9 Å². The molecule has 1 fully saturated rings. The van der Waals surface area contributed by atoms with Gasteiger partial charge in [-0.1, -0.05) is 19.3 Å². The van der Waals surface area contributed by atoms with Gasteiger partial charge in [-0.15, -0.1) is 0 Å². The summed E-state index contributed by atoms with van der Waals surface area (Å²) in [6.45, 7) is 2.64. The minimum atomic E-state index is 0.656. The summed E-state index contributed by atoms with van der Waals surface area (Å²) in [6, 6.07) is 5.60. The summed E-state index contributed by atoms with van der Waals surface area (Å²) in [5.41, 5.74) is 0. The Bertz CT molecular complexity index is 394. The van der Waals surface area contributed by atoms with Gasteiger partial charge in [0, 0.05) is 24.7 Å². The maximum absolute atomic E-state index is 5.76. The number of hydrogen-bond acceptors (Lipinski definition) is 4. The van der Waals surface area contributed by atoms with Crippen LogP contribution in [0.3, 0.4) is 0 Å². The Hall–Kier alpha value is -1.42. The summed E-state index contributed by atoms with van der Waals surface area (Å²) in [7, 11) is 3.29. The third-order valence-corrected chi connectivity index (χ3v) is 4.03. The predicted molar refractivity (Wildman–Crippen MR) is 84.5 cm³/mol. The molecule has 0 amide bonds. The van der Waals surface area contributed by atoms with Crippen molar-refractivity contribution in [2.45, 2.75) is 32.1 Å². The highest BCUT2D eigenvalue weighted by Crippen LogP contribution is 2.27. The molecule has 0 saturated heterocycles. The summed E-state index contributed by atoms with van der Waals surface area (Å²) in [5, 5.41) is 3.50. The number of nitrogens with one attached hydrogen (secondary N) is 1. The molecule has 0 atom stereocenters. The largest absolute Gasteiger partial charge is 0.496 e. The van der Waals surface area contributed by atoms with Gasteiger partial charge in [0.05, 0.1) is 14.2 Å². The number of hydrogen-bond donors (Lipinski definition) is 1. The van der Waals surface area contributed by atoms with Crippen LogP contribution in [0.25, 0.3) is 0 Å². The summed E-state index contributed by atoms with van der Waals surface area (Å²) in [4.78, 5) is 0. The van der Waals surface area contributed by atoms with Crippen LogP contribution in [-0.2, 0) is 0 Å². The fourth-order valence-electron chi connectivity index (χ4n) is 2.80. The van der Waals surface area contributed by atoms with E-state index < -0.39 is 0 Å².